The molecule has 19 heavy (non-hydrogen) atoms. The van der Waals surface area contributed by atoms with Crippen LogP contribution >= 0.6 is 34.9 Å². The Morgan fingerprint density at radius 1 is 1.26 bits per heavy atom. The van der Waals surface area contributed by atoms with Gasteiger partial charge >= 0.3 is 0 Å². The van der Waals surface area contributed by atoms with Gasteiger partial charge in [0.2, 0.25) is 5.89 Å². The molecule has 0 fully saturated rings. The molecule has 3 rings (SSSR count). The highest BCUT2D eigenvalue weighted by molar-refractivity contribution is 8.00. The third kappa shape index (κ3) is 2.78. The summed E-state index contributed by atoms with van der Waals surface area (Å²) in [6.45, 7) is 1.84. The van der Waals surface area contributed by atoms with E-state index in [1.165, 1.54) is 23.3 Å². The van der Waals surface area contributed by atoms with Crippen molar-refractivity contribution in [3.05, 3.63) is 35.1 Å². The average Bonchev–Trinajstić information content (AvgIpc) is 3.00. The van der Waals surface area contributed by atoms with Crippen LogP contribution in [0.3, 0.4) is 0 Å². The fraction of sp³-hybridized carbons (Fsp3) is 0.0909. The third-order valence-electron chi connectivity index (χ3n) is 2.19. The Bertz CT molecular complexity index is 712. The van der Waals surface area contributed by atoms with Crippen molar-refractivity contribution in [3.63, 3.8) is 0 Å². The van der Waals surface area contributed by atoms with E-state index in [1.807, 2.05) is 25.1 Å². The standard InChI is InChI=1S/C11H7ClN4OS2/c1-6-13-11(19-16-6)18-10-15-14-9(17-10)7-4-2-3-5-8(7)12/h2-5H,1H3. The summed E-state index contributed by atoms with van der Waals surface area (Å²) in [5, 5.41) is 8.95. The predicted octanol–water partition coefficient (Wildman–Crippen LogP) is 3.70. The number of hydrogen-bond acceptors (Lipinski definition) is 7. The van der Waals surface area contributed by atoms with Gasteiger partial charge in [0.15, 0.2) is 4.34 Å². The van der Waals surface area contributed by atoms with E-state index in [1.54, 1.807) is 6.07 Å². The highest BCUT2D eigenvalue weighted by Gasteiger charge is 2.13. The van der Waals surface area contributed by atoms with Crippen molar-refractivity contribution in [2.24, 2.45) is 0 Å². The molecule has 0 spiro atoms. The third-order valence-corrected chi connectivity index (χ3v) is 4.21. The highest BCUT2D eigenvalue weighted by atomic mass is 35.5. The minimum absolute atomic E-state index is 0.398. The molecular weight excluding hydrogens is 304 g/mol. The van der Waals surface area contributed by atoms with E-state index >= 15 is 0 Å². The Kier molecular flexibility index (Phi) is 3.50. The zero-order chi connectivity index (χ0) is 13.2. The summed E-state index contributed by atoms with van der Waals surface area (Å²) >= 11 is 8.67. The summed E-state index contributed by atoms with van der Waals surface area (Å²) in [5.41, 5.74) is 0.719. The zero-order valence-electron chi connectivity index (χ0n) is 9.70. The molecule has 0 amide bonds. The number of aromatic nitrogens is 4. The van der Waals surface area contributed by atoms with Crippen LogP contribution in [0.2, 0.25) is 5.02 Å². The van der Waals surface area contributed by atoms with Gasteiger partial charge in [-0.15, -0.1) is 10.2 Å². The molecule has 0 radical (unpaired) electrons. The van der Waals surface area contributed by atoms with Crippen molar-refractivity contribution >= 4 is 34.9 Å². The SMILES string of the molecule is Cc1nsc(Sc2nnc(-c3ccccc3Cl)o2)n1. The topological polar surface area (TPSA) is 64.7 Å². The van der Waals surface area contributed by atoms with Crippen LogP contribution in [0.5, 0.6) is 0 Å². The van der Waals surface area contributed by atoms with E-state index in [9.17, 15) is 0 Å². The Labute approximate surface area is 122 Å². The summed E-state index contributed by atoms with van der Waals surface area (Å²) in [4.78, 5) is 4.22. The molecule has 0 N–H and O–H groups in total. The molecule has 0 unspecified atom stereocenters. The molecule has 0 aliphatic rings. The van der Waals surface area contributed by atoms with Crippen LogP contribution in [-0.4, -0.2) is 19.6 Å². The molecule has 8 heteroatoms. The van der Waals surface area contributed by atoms with Crippen molar-refractivity contribution in [2.75, 3.05) is 0 Å². The first-order chi connectivity index (χ1) is 9.22. The van der Waals surface area contributed by atoms with Gasteiger partial charge in [0.1, 0.15) is 5.82 Å². The number of benzene rings is 1. The number of halogens is 1. The first-order valence-corrected chi connectivity index (χ1v) is 7.26. The smallest absolute Gasteiger partial charge is 0.284 e. The Hall–Kier alpha value is -1.44. The molecule has 0 atom stereocenters. The predicted molar refractivity (Wildman–Crippen MR) is 73.5 cm³/mol. The number of hydrogen-bond donors (Lipinski definition) is 0. The van der Waals surface area contributed by atoms with Crippen LogP contribution in [-0.2, 0) is 0 Å². The average molecular weight is 311 g/mol. The van der Waals surface area contributed by atoms with Crippen LogP contribution in [0.1, 0.15) is 5.82 Å². The van der Waals surface area contributed by atoms with E-state index < -0.39 is 0 Å². The van der Waals surface area contributed by atoms with Gasteiger partial charge in [-0.1, -0.05) is 23.7 Å². The first kappa shape index (κ1) is 12.6. The fourth-order valence-electron chi connectivity index (χ4n) is 1.39. The molecule has 2 heterocycles. The van der Waals surface area contributed by atoms with Crippen molar-refractivity contribution in [1.29, 1.82) is 0 Å². The minimum Gasteiger partial charge on any atom is -0.411 e. The number of aryl methyl sites for hydroxylation is 1. The molecule has 0 bridgehead atoms. The normalized spacial score (nSPS) is 10.8. The lowest BCUT2D eigenvalue weighted by Gasteiger charge is -1.96. The van der Waals surface area contributed by atoms with Crippen molar-refractivity contribution in [1.82, 2.24) is 19.6 Å². The summed E-state index contributed by atoms with van der Waals surface area (Å²) < 4.78 is 10.4. The first-order valence-electron chi connectivity index (χ1n) is 5.29. The van der Waals surface area contributed by atoms with Crippen molar-refractivity contribution in [3.8, 4) is 11.5 Å². The van der Waals surface area contributed by atoms with Crippen LogP contribution in [0.15, 0.2) is 38.2 Å². The quantitative estimate of drug-likeness (QED) is 0.735. The lowest BCUT2D eigenvalue weighted by molar-refractivity contribution is 0.466. The van der Waals surface area contributed by atoms with Gasteiger partial charge < -0.3 is 4.42 Å². The second-order valence-electron chi connectivity index (χ2n) is 3.56. The summed E-state index contributed by atoms with van der Waals surface area (Å²) in [6, 6.07) is 7.33. The Morgan fingerprint density at radius 3 is 2.84 bits per heavy atom. The lowest BCUT2D eigenvalue weighted by atomic mass is 10.2. The van der Waals surface area contributed by atoms with E-state index in [4.69, 9.17) is 16.0 Å². The van der Waals surface area contributed by atoms with Crippen molar-refractivity contribution in [2.45, 2.75) is 16.5 Å². The largest absolute Gasteiger partial charge is 0.411 e. The summed E-state index contributed by atoms with van der Waals surface area (Å²) in [5.74, 6) is 1.13. The van der Waals surface area contributed by atoms with Crippen LogP contribution < -0.4 is 0 Å². The maximum Gasteiger partial charge on any atom is 0.284 e. The molecule has 0 saturated heterocycles. The van der Waals surface area contributed by atoms with Crippen LogP contribution in [0, 0.1) is 6.92 Å². The van der Waals surface area contributed by atoms with E-state index in [-0.39, 0.29) is 0 Å². The van der Waals surface area contributed by atoms with Gasteiger partial charge in [-0.3, -0.25) is 0 Å². The molecule has 96 valence electrons. The highest BCUT2D eigenvalue weighted by Crippen LogP contribution is 2.32. The van der Waals surface area contributed by atoms with E-state index in [0.29, 0.717) is 16.1 Å². The number of nitrogens with zero attached hydrogens (tertiary/aromatic N) is 4. The Morgan fingerprint density at radius 2 is 2.11 bits per heavy atom. The molecule has 5 nitrogen and oxygen atoms in total. The number of rotatable bonds is 3. The fourth-order valence-corrected chi connectivity index (χ4v) is 3.03. The molecule has 0 aliphatic heterocycles. The molecule has 3 aromatic rings. The van der Waals surface area contributed by atoms with Gasteiger partial charge in [-0.25, -0.2) is 4.98 Å². The second-order valence-corrected chi connectivity index (χ2v) is 5.92. The Balaban J connectivity index is 1.86. The van der Waals surface area contributed by atoms with Crippen LogP contribution in [0.25, 0.3) is 11.5 Å². The maximum atomic E-state index is 6.08. The summed E-state index contributed by atoms with van der Waals surface area (Å²) in [6.07, 6.45) is 0. The van der Waals surface area contributed by atoms with Crippen molar-refractivity contribution < 1.29 is 4.42 Å². The van der Waals surface area contributed by atoms with Gasteiger partial charge in [-0.2, -0.15) is 4.37 Å². The molecule has 1 aromatic carbocycles. The lowest BCUT2D eigenvalue weighted by Crippen LogP contribution is -1.78. The van der Waals surface area contributed by atoms with Gasteiger partial charge in [0.25, 0.3) is 5.22 Å². The monoisotopic (exact) mass is 310 g/mol. The molecule has 0 aliphatic carbocycles. The van der Waals surface area contributed by atoms with E-state index in [0.717, 1.165) is 15.7 Å². The molecular formula is C11H7ClN4OS2. The zero-order valence-corrected chi connectivity index (χ0v) is 12.1. The van der Waals surface area contributed by atoms with Crippen LogP contribution in [0.4, 0.5) is 0 Å². The molecule has 0 saturated carbocycles. The van der Waals surface area contributed by atoms with Gasteiger partial charge in [0.05, 0.1) is 10.6 Å². The van der Waals surface area contributed by atoms with Gasteiger partial charge in [0, 0.05) is 11.8 Å². The maximum absolute atomic E-state index is 6.08. The minimum atomic E-state index is 0.398. The second kappa shape index (κ2) is 5.28. The summed E-state index contributed by atoms with van der Waals surface area (Å²) in [7, 11) is 0. The molecule has 2 aromatic heterocycles. The van der Waals surface area contributed by atoms with Gasteiger partial charge in [-0.05, 0) is 30.6 Å². The van der Waals surface area contributed by atoms with E-state index in [2.05, 4.69) is 19.6 Å².